The highest BCUT2D eigenvalue weighted by atomic mass is 32.1. The summed E-state index contributed by atoms with van der Waals surface area (Å²) < 4.78 is 14.9. The summed E-state index contributed by atoms with van der Waals surface area (Å²) in [6.07, 6.45) is 0.809. The Morgan fingerprint density at radius 1 is 1.11 bits per heavy atom. The zero-order valence-electron chi connectivity index (χ0n) is 19.5. The molecule has 0 aliphatic carbocycles. The first-order valence-electron chi connectivity index (χ1n) is 11.5. The SMILES string of the molecule is CCc1cccc(N2C(=O)c3cc(-c4cccs4)nn3CC2(C)C(=O)NCc2ccc(F)cc2)c1. The van der Waals surface area contributed by atoms with Crippen molar-refractivity contribution in [2.24, 2.45) is 0 Å². The average molecular weight is 489 g/mol. The Balaban J connectivity index is 1.53. The quantitative estimate of drug-likeness (QED) is 0.413. The number of anilines is 1. The van der Waals surface area contributed by atoms with Gasteiger partial charge in [-0.2, -0.15) is 5.10 Å². The monoisotopic (exact) mass is 488 g/mol. The summed E-state index contributed by atoms with van der Waals surface area (Å²) in [5, 5.41) is 9.58. The van der Waals surface area contributed by atoms with Gasteiger partial charge < -0.3 is 5.32 Å². The summed E-state index contributed by atoms with van der Waals surface area (Å²) in [5.41, 5.74) is 2.43. The largest absolute Gasteiger partial charge is 0.350 e. The number of aromatic nitrogens is 2. The van der Waals surface area contributed by atoms with Crippen LogP contribution < -0.4 is 10.2 Å². The van der Waals surface area contributed by atoms with Crippen LogP contribution in [0.15, 0.2) is 72.1 Å². The molecule has 6 nitrogen and oxygen atoms in total. The molecule has 1 aliphatic rings. The van der Waals surface area contributed by atoms with E-state index >= 15 is 0 Å². The van der Waals surface area contributed by atoms with Gasteiger partial charge in [0.25, 0.3) is 5.91 Å². The fraction of sp³-hybridized carbons (Fsp3) is 0.222. The first kappa shape index (κ1) is 23.0. The minimum absolute atomic E-state index is 0.199. The molecule has 3 heterocycles. The van der Waals surface area contributed by atoms with E-state index in [-0.39, 0.29) is 30.7 Å². The molecular formula is C27H25FN4O2S. The van der Waals surface area contributed by atoms with Crippen molar-refractivity contribution in [1.29, 1.82) is 0 Å². The fourth-order valence-electron chi connectivity index (χ4n) is 4.42. The molecule has 2 aromatic carbocycles. The molecule has 4 aromatic rings. The number of rotatable bonds is 6. The van der Waals surface area contributed by atoms with Crippen LogP contribution in [0.1, 0.15) is 35.5 Å². The Morgan fingerprint density at radius 2 is 1.91 bits per heavy atom. The summed E-state index contributed by atoms with van der Waals surface area (Å²) in [7, 11) is 0. The summed E-state index contributed by atoms with van der Waals surface area (Å²) in [4.78, 5) is 30.1. The molecule has 178 valence electrons. The molecule has 0 bridgehead atoms. The van der Waals surface area contributed by atoms with Crippen molar-refractivity contribution in [3.05, 3.63) is 94.7 Å². The predicted molar refractivity (Wildman–Crippen MR) is 135 cm³/mol. The van der Waals surface area contributed by atoms with Gasteiger partial charge in [-0.15, -0.1) is 11.3 Å². The number of halogens is 1. The third-order valence-electron chi connectivity index (χ3n) is 6.36. The lowest BCUT2D eigenvalue weighted by Crippen LogP contribution is -2.64. The lowest BCUT2D eigenvalue weighted by Gasteiger charge is -2.43. The highest BCUT2D eigenvalue weighted by Gasteiger charge is 2.49. The number of thiophene rings is 1. The molecule has 1 atom stereocenters. The van der Waals surface area contributed by atoms with Crippen LogP contribution in [0, 0.1) is 5.82 Å². The molecule has 0 saturated heterocycles. The van der Waals surface area contributed by atoms with Gasteiger partial charge in [-0.05, 0) is 66.2 Å². The Kier molecular flexibility index (Phi) is 5.98. The van der Waals surface area contributed by atoms with E-state index in [1.54, 1.807) is 46.0 Å². The van der Waals surface area contributed by atoms with Crippen LogP contribution in [0.5, 0.6) is 0 Å². The number of aryl methyl sites for hydroxylation is 1. The standard InChI is InChI=1S/C27H25FN4O2S/c1-3-18-6-4-7-21(14-18)32-25(33)23-15-22(24-8-5-13-35-24)30-31(23)17-27(32,2)26(34)29-16-19-9-11-20(28)12-10-19/h4-15H,3,16-17H2,1-2H3,(H,29,34). The zero-order valence-corrected chi connectivity index (χ0v) is 20.3. The number of amides is 2. The minimum Gasteiger partial charge on any atom is -0.350 e. The lowest BCUT2D eigenvalue weighted by molar-refractivity contribution is -0.126. The minimum atomic E-state index is -1.23. The van der Waals surface area contributed by atoms with Crippen LogP contribution in [-0.2, 0) is 24.3 Å². The summed E-state index contributed by atoms with van der Waals surface area (Å²) in [5.74, 6) is -0.921. The molecule has 0 saturated carbocycles. The van der Waals surface area contributed by atoms with Gasteiger partial charge in [-0.25, -0.2) is 4.39 Å². The van der Waals surface area contributed by atoms with Crippen LogP contribution in [0.4, 0.5) is 10.1 Å². The predicted octanol–water partition coefficient (Wildman–Crippen LogP) is 5.05. The molecule has 2 amide bonds. The maximum absolute atomic E-state index is 13.9. The first-order chi connectivity index (χ1) is 16.9. The van der Waals surface area contributed by atoms with Crippen molar-refractivity contribution >= 4 is 28.8 Å². The molecule has 0 fully saturated rings. The van der Waals surface area contributed by atoms with Gasteiger partial charge in [0.1, 0.15) is 22.7 Å². The fourth-order valence-corrected chi connectivity index (χ4v) is 5.10. The maximum Gasteiger partial charge on any atom is 0.277 e. The third-order valence-corrected chi connectivity index (χ3v) is 7.25. The summed E-state index contributed by atoms with van der Waals surface area (Å²) in [6, 6.07) is 19.4. The zero-order chi connectivity index (χ0) is 24.6. The second kappa shape index (κ2) is 9.11. The number of carbonyl (C=O) groups excluding carboxylic acids is 2. The Labute approximate surface area is 207 Å². The normalized spacial score (nSPS) is 17.3. The van der Waals surface area contributed by atoms with E-state index in [1.165, 1.54) is 12.1 Å². The number of nitrogens with one attached hydrogen (secondary N) is 1. The number of hydrogen-bond donors (Lipinski definition) is 1. The van der Waals surface area contributed by atoms with Gasteiger partial charge in [-0.3, -0.25) is 19.2 Å². The third kappa shape index (κ3) is 4.25. The number of fused-ring (bicyclic) bond motifs is 1. The van der Waals surface area contributed by atoms with Gasteiger partial charge in [-0.1, -0.05) is 37.3 Å². The summed E-state index contributed by atoms with van der Waals surface area (Å²) in [6.45, 7) is 4.23. The van der Waals surface area contributed by atoms with Crippen LogP contribution in [-0.4, -0.2) is 27.1 Å². The Hall–Kier alpha value is -3.78. The Morgan fingerprint density at radius 3 is 2.63 bits per heavy atom. The summed E-state index contributed by atoms with van der Waals surface area (Å²) >= 11 is 1.55. The van der Waals surface area contributed by atoms with E-state index in [4.69, 9.17) is 0 Å². The van der Waals surface area contributed by atoms with Crippen molar-refractivity contribution in [3.8, 4) is 10.6 Å². The van der Waals surface area contributed by atoms with Crippen LogP contribution in [0.2, 0.25) is 0 Å². The smallest absolute Gasteiger partial charge is 0.277 e. The van der Waals surface area contributed by atoms with Crippen LogP contribution >= 0.6 is 11.3 Å². The molecule has 1 N–H and O–H groups in total. The van der Waals surface area contributed by atoms with E-state index in [9.17, 15) is 14.0 Å². The van der Waals surface area contributed by atoms with Crippen molar-refractivity contribution in [3.63, 3.8) is 0 Å². The highest BCUT2D eigenvalue weighted by Crippen LogP contribution is 2.35. The second-order valence-electron chi connectivity index (χ2n) is 8.80. The highest BCUT2D eigenvalue weighted by molar-refractivity contribution is 7.13. The number of nitrogens with zero attached hydrogens (tertiary/aromatic N) is 3. The van der Waals surface area contributed by atoms with Gasteiger partial charge in [0.05, 0.1) is 11.4 Å². The van der Waals surface area contributed by atoms with Crippen LogP contribution in [0.3, 0.4) is 0 Å². The van der Waals surface area contributed by atoms with Crippen molar-refractivity contribution in [2.45, 2.75) is 38.9 Å². The van der Waals surface area contributed by atoms with E-state index in [1.807, 2.05) is 48.7 Å². The Bertz CT molecular complexity index is 1380. The van der Waals surface area contributed by atoms with E-state index in [0.717, 1.165) is 22.4 Å². The van der Waals surface area contributed by atoms with Crippen molar-refractivity contribution in [1.82, 2.24) is 15.1 Å². The first-order valence-corrected chi connectivity index (χ1v) is 12.3. The molecule has 35 heavy (non-hydrogen) atoms. The van der Waals surface area contributed by atoms with Crippen molar-refractivity contribution < 1.29 is 14.0 Å². The van der Waals surface area contributed by atoms with Crippen molar-refractivity contribution in [2.75, 3.05) is 4.90 Å². The molecule has 0 radical (unpaired) electrons. The number of carbonyl (C=O) groups is 2. The molecule has 5 rings (SSSR count). The lowest BCUT2D eigenvalue weighted by atomic mass is 9.93. The molecule has 2 aromatic heterocycles. The van der Waals surface area contributed by atoms with E-state index < -0.39 is 5.54 Å². The second-order valence-corrected chi connectivity index (χ2v) is 9.74. The van der Waals surface area contributed by atoms with Gasteiger partial charge in [0.2, 0.25) is 5.91 Å². The molecule has 1 unspecified atom stereocenters. The van der Waals surface area contributed by atoms with E-state index in [0.29, 0.717) is 17.1 Å². The molecule has 1 aliphatic heterocycles. The molecular weight excluding hydrogens is 463 g/mol. The van der Waals surface area contributed by atoms with Crippen LogP contribution in [0.25, 0.3) is 10.6 Å². The molecule has 0 spiro atoms. The number of hydrogen-bond acceptors (Lipinski definition) is 4. The average Bonchev–Trinajstić information content (AvgIpc) is 3.54. The number of benzene rings is 2. The topological polar surface area (TPSA) is 67.2 Å². The maximum atomic E-state index is 13.9. The van der Waals surface area contributed by atoms with Gasteiger partial charge in [0, 0.05) is 12.2 Å². The van der Waals surface area contributed by atoms with E-state index in [2.05, 4.69) is 10.4 Å². The van der Waals surface area contributed by atoms with Gasteiger partial charge >= 0.3 is 0 Å². The molecule has 8 heteroatoms. The van der Waals surface area contributed by atoms with Gasteiger partial charge in [0.15, 0.2) is 0 Å².